The van der Waals surface area contributed by atoms with Crippen molar-refractivity contribution in [1.29, 1.82) is 0 Å². The van der Waals surface area contributed by atoms with E-state index in [0.717, 1.165) is 70.9 Å². The van der Waals surface area contributed by atoms with Crippen LogP contribution in [-0.2, 0) is 28.5 Å². The lowest BCUT2D eigenvalue weighted by Gasteiger charge is -2.50. The average Bonchev–Trinajstić information content (AvgIpc) is 3.04. The summed E-state index contributed by atoms with van der Waals surface area (Å²) in [6.07, 6.45) is 16.8. The molecule has 0 saturated carbocycles. The van der Waals surface area contributed by atoms with Gasteiger partial charge in [-0.1, -0.05) is 106 Å². The molecule has 0 aromatic carbocycles. The molecule has 5 unspecified atom stereocenters. The summed E-state index contributed by atoms with van der Waals surface area (Å²) in [5.74, 6) is 0.0800. The minimum atomic E-state index is -0.439. The lowest BCUT2D eigenvalue weighted by atomic mass is 9.60. The Labute approximate surface area is 277 Å². The van der Waals surface area contributed by atoms with E-state index < -0.39 is 5.79 Å². The van der Waals surface area contributed by atoms with Crippen LogP contribution in [0.3, 0.4) is 0 Å². The van der Waals surface area contributed by atoms with Gasteiger partial charge in [0.05, 0.1) is 19.8 Å². The molecule has 1 spiro atoms. The zero-order chi connectivity index (χ0) is 33.3. The molecule has 2 heterocycles. The van der Waals surface area contributed by atoms with Gasteiger partial charge in [-0.05, 0) is 37.5 Å². The zero-order valence-corrected chi connectivity index (χ0v) is 30.6. The highest BCUT2D eigenvalue weighted by Crippen LogP contribution is 2.50. The van der Waals surface area contributed by atoms with Gasteiger partial charge in [-0.2, -0.15) is 0 Å². The number of hydrogen-bond donors (Lipinski definition) is 1. The van der Waals surface area contributed by atoms with Gasteiger partial charge in [0.2, 0.25) is 0 Å². The van der Waals surface area contributed by atoms with Gasteiger partial charge < -0.3 is 24.3 Å². The van der Waals surface area contributed by atoms with E-state index in [0.29, 0.717) is 38.1 Å². The summed E-state index contributed by atoms with van der Waals surface area (Å²) in [7, 11) is 0. The molecule has 0 amide bonds. The molecule has 7 heteroatoms. The first kappa shape index (κ1) is 40.0. The van der Waals surface area contributed by atoms with Gasteiger partial charge in [0.25, 0.3) is 0 Å². The maximum absolute atomic E-state index is 12.8. The Kier molecular flexibility index (Phi) is 18.0. The zero-order valence-electron chi connectivity index (χ0n) is 30.6. The van der Waals surface area contributed by atoms with Crippen LogP contribution in [0.15, 0.2) is 0 Å². The maximum Gasteiger partial charge on any atom is 0.306 e. The van der Waals surface area contributed by atoms with Crippen molar-refractivity contribution < 1.29 is 28.5 Å². The summed E-state index contributed by atoms with van der Waals surface area (Å²) >= 11 is 0. The average molecular weight is 638 g/mol. The molecular formula is C38H71NO6. The van der Waals surface area contributed by atoms with Crippen molar-refractivity contribution in [2.75, 3.05) is 32.9 Å². The summed E-state index contributed by atoms with van der Waals surface area (Å²) in [6.45, 7) is 20.9. The Bertz CT molecular complexity index is 834. The number of rotatable bonds is 22. The monoisotopic (exact) mass is 638 g/mol. The fourth-order valence-electron chi connectivity index (χ4n) is 7.65. The van der Waals surface area contributed by atoms with Crippen LogP contribution in [0.25, 0.3) is 0 Å². The highest BCUT2D eigenvalue weighted by atomic mass is 16.7. The van der Waals surface area contributed by atoms with Crippen molar-refractivity contribution in [3.63, 3.8) is 0 Å². The number of unbranched alkanes of at least 4 members (excludes halogenated alkanes) is 5. The maximum atomic E-state index is 12.8. The predicted octanol–water partition coefficient (Wildman–Crippen LogP) is 9.01. The van der Waals surface area contributed by atoms with Gasteiger partial charge in [-0.15, -0.1) is 0 Å². The third-order valence-corrected chi connectivity index (χ3v) is 11.6. The molecule has 1 N–H and O–H groups in total. The fraction of sp³-hybridized carbons (Fsp3) is 0.947. The van der Waals surface area contributed by atoms with E-state index in [1.54, 1.807) is 6.92 Å². The molecule has 2 fully saturated rings. The van der Waals surface area contributed by atoms with Crippen LogP contribution in [0.1, 0.15) is 158 Å². The number of piperidine rings is 1. The molecule has 2 aliphatic rings. The second kappa shape index (κ2) is 20.2. The van der Waals surface area contributed by atoms with Gasteiger partial charge in [-0.3, -0.25) is 9.59 Å². The molecule has 0 aromatic heterocycles. The molecule has 0 aromatic rings. The van der Waals surface area contributed by atoms with Crippen molar-refractivity contribution in [2.24, 2.45) is 28.6 Å². The Balaban J connectivity index is 1.86. The fourth-order valence-corrected chi connectivity index (χ4v) is 7.65. The summed E-state index contributed by atoms with van der Waals surface area (Å²) in [4.78, 5) is 25.2. The van der Waals surface area contributed by atoms with Crippen molar-refractivity contribution >= 4 is 11.9 Å². The summed E-state index contributed by atoms with van der Waals surface area (Å²) in [5.41, 5.74) is -0.163. The summed E-state index contributed by atoms with van der Waals surface area (Å²) in [5, 5.41) is 3.35. The third-order valence-electron chi connectivity index (χ3n) is 11.6. The molecule has 0 radical (unpaired) electrons. The second-order valence-electron chi connectivity index (χ2n) is 15.0. The predicted molar refractivity (Wildman–Crippen MR) is 183 cm³/mol. The van der Waals surface area contributed by atoms with E-state index >= 15 is 0 Å². The van der Waals surface area contributed by atoms with Crippen molar-refractivity contribution in [1.82, 2.24) is 5.32 Å². The second-order valence-corrected chi connectivity index (χ2v) is 15.0. The van der Waals surface area contributed by atoms with Gasteiger partial charge in [-0.25, -0.2) is 0 Å². The number of ether oxygens (including phenoxy) is 4. The van der Waals surface area contributed by atoms with E-state index in [1.165, 1.54) is 38.5 Å². The molecule has 264 valence electrons. The van der Waals surface area contributed by atoms with Crippen molar-refractivity contribution in [3.05, 3.63) is 0 Å². The van der Waals surface area contributed by atoms with E-state index in [2.05, 4.69) is 53.8 Å². The van der Waals surface area contributed by atoms with Gasteiger partial charge >= 0.3 is 11.9 Å². The lowest BCUT2D eigenvalue weighted by molar-refractivity contribution is -0.295. The van der Waals surface area contributed by atoms with Gasteiger partial charge in [0.15, 0.2) is 5.79 Å². The van der Waals surface area contributed by atoms with Crippen LogP contribution in [0.5, 0.6) is 0 Å². The molecule has 2 saturated heterocycles. The number of carbonyl (C=O) groups is 2. The molecule has 5 atom stereocenters. The third kappa shape index (κ3) is 12.7. The molecular weight excluding hydrogens is 566 g/mol. The number of esters is 2. The number of nitrogens with one attached hydrogen (secondary N) is 1. The highest BCUT2D eigenvalue weighted by Gasteiger charge is 2.49. The van der Waals surface area contributed by atoms with Crippen LogP contribution < -0.4 is 5.32 Å². The first-order valence-electron chi connectivity index (χ1n) is 18.8. The van der Waals surface area contributed by atoms with E-state index in [-0.39, 0.29) is 34.8 Å². The molecule has 7 nitrogen and oxygen atoms in total. The minimum absolute atomic E-state index is 0.0479. The molecule has 0 aliphatic carbocycles. The quantitative estimate of drug-likeness (QED) is 0.0937. The Morgan fingerprint density at radius 2 is 1.56 bits per heavy atom. The van der Waals surface area contributed by atoms with E-state index in [1.807, 2.05) is 0 Å². The smallest absolute Gasteiger partial charge is 0.306 e. The van der Waals surface area contributed by atoms with E-state index in [4.69, 9.17) is 18.9 Å². The van der Waals surface area contributed by atoms with Gasteiger partial charge in [0.1, 0.15) is 6.10 Å². The first-order valence-corrected chi connectivity index (χ1v) is 18.8. The molecule has 0 bridgehead atoms. The topological polar surface area (TPSA) is 83.1 Å². The summed E-state index contributed by atoms with van der Waals surface area (Å²) in [6, 6.07) is 0. The minimum Gasteiger partial charge on any atom is -0.465 e. The van der Waals surface area contributed by atoms with Crippen LogP contribution in [0.4, 0.5) is 0 Å². The Morgan fingerprint density at radius 3 is 2.13 bits per heavy atom. The lowest BCUT2D eigenvalue weighted by Crippen LogP contribution is -2.51. The van der Waals surface area contributed by atoms with Gasteiger partial charge in [0, 0.05) is 56.0 Å². The number of hydrogen-bond acceptors (Lipinski definition) is 7. The van der Waals surface area contributed by atoms with Crippen LogP contribution in [-0.4, -0.2) is 56.7 Å². The first-order chi connectivity index (χ1) is 21.5. The van der Waals surface area contributed by atoms with E-state index in [9.17, 15) is 9.59 Å². The molecule has 2 rings (SSSR count). The number of carbonyl (C=O) groups excluding carboxylic acids is 2. The molecule has 45 heavy (non-hydrogen) atoms. The van der Waals surface area contributed by atoms with Crippen molar-refractivity contribution in [3.8, 4) is 0 Å². The van der Waals surface area contributed by atoms with Crippen LogP contribution in [0.2, 0.25) is 0 Å². The molecule has 2 aliphatic heterocycles. The highest BCUT2D eigenvalue weighted by molar-refractivity contribution is 5.69. The standard InChI is InChI=1S/C38H71NO6/c1-9-13-14-15-16-17-21-36(7,11-3)35(45-31(6)40)37(8,12-4)30(5)19-18-20-32(10-2)26-34(41)42-27-33-28-43-38(44-29-33)22-24-39-25-23-38/h30,32-33,35,39H,9-29H2,1-8H3. The van der Waals surface area contributed by atoms with Crippen LogP contribution >= 0.6 is 0 Å². The summed E-state index contributed by atoms with van der Waals surface area (Å²) < 4.78 is 24.2. The Morgan fingerprint density at radius 1 is 0.911 bits per heavy atom. The SMILES string of the molecule is CCCCCCCCC(C)(CC)C(OC(C)=O)C(C)(CC)C(C)CCCC(CC)CC(=O)OCC1COC2(CCNCC2)OC1. The Hall–Kier alpha value is -1.18. The van der Waals surface area contributed by atoms with Crippen LogP contribution in [0, 0.1) is 28.6 Å². The van der Waals surface area contributed by atoms with Crippen molar-refractivity contribution in [2.45, 2.75) is 170 Å². The normalized spacial score (nSPS) is 21.8. The largest absolute Gasteiger partial charge is 0.465 e.